The van der Waals surface area contributed by atoms with E-state index in [0.717, 1.165) is 57.8 Å². The van der Waals surface area contributed by atoms with Crippen molar-refractivity contribution in [3.05, 3.63) is 60.8 Å². The van der Waals surface area contributed by atoms with Crippen LogP contribution in [0.15, 0.2) is 60.8 Å². The molecule has 1 aliphatic heterocycles. The van der Waals surface area contributed by atoms with Crippen molar-refractivity contribution in [2.24, 2.45) is 0 Å². The number of carbonyl (C=O) groups is 1. The van der Waals surface area contributed by atoms with Crippen molar-refractivity contribution in [2.75, 3.05) is 13.2 Å². The molecule has 0 bridgehead atoms. The average Bonchev–Trinajstić information content (AvgIpc) is 3.35. The van der Waals surface area contributed by atoms with Crippen molar-refractivity contribution in [3.63, 3.8) is 0 Å². The summed E-state index contributed by atoms with van der Waals surface area (Å²) in [7, 11) is 0. The zero-order chi connectivity index (χ0) is 50.1. The van der Waals surface area contributed by atoms with Crippen molar-refractivity contribution in [3.8, 4) is 0 Å². The number of aliphatic hydroxyl groups is 5. The van der Waals surface area contributed by atoms with Crippen molar-refractivity contribution in [2.45, 2.75) is 301 Å². The summed E-state index contributed by atoms with van der Waals surface area (Å²) in [5, 5.41) is 54.4. The number of ether oxygens (including phenoxy) is 2. The molecule has 402 valence electrons. The Balaban J connectivity index is 2.18. The van der Waals surface area contributed by atoms with Crippen LogP contribution in [0.1, 0.15) is 258 Å². The maximum absolute atomic E-state index is 13.0. The van der Waals surface area contributed by atoms with E-state index in [1.54, 1.807) is 6.08 Å². The van der Waals surface area contributed by atoms with Crippen molar-refractivity contribution >= 4 is 5.91 Å². The topological polar surface area (TPSA) is 149 Å². The maximum Gasteiger partial charge on any atom is 0.220 e. The normalized spacial score (nSPS) is 19.9. The number of hydrogen-bond acceptors (Lipinski definition) is 8. The number of rotatable bonds is 49. The molecule has 7 atom stereocenters. The van der Waals surface area contributed by atoms with E-state index < -0.39 is 49.5 Å². The molecule has 1 fully saturated rings. The Morgan fingerprint density at radius 2 is 0.899 bits per heavy atom. The molecule has 6 N–H and O–H groups in total. The molecule has 0 aromatic carbocycles. The van der Waals surface area contributed by atoms with Gasteiger partial charge in [-0.3, -0.25) is 4.79 Å². The van der Waals surface area contributed by atoms with Crippen LogP contribution >= 0.6 is 0 Å². The summed E-state index contributed by atoms with van der Waals surface area (Å²) in [5.74, 6) is -0.217. The van der Waals surface area contributed by atoms with Crippen LogP contribution in [0.5, 0.6) is 0 Å². The maximum atomic E-state index is 13.0. The molecule has 1 aliphatic rings. The number of aliphatic hydroxyl groups excluding tert-OH is 5. The van der Waals surface area contributed by atoms with Gasteiger partial charge < -0.3 is 40.3 Å². The largest absolute Gasteiger partial charge is 0.394 e. The van der Waals surface area contributed by atoms with Gasteiger partial charge in [0.1, 0.15) is 24.4 Å². The number of hydrogen-bond donors (Lipinski definition) is 6. The lowest BCUT2D eigenvalue weighted by Gasteiger charge is -2.40. The third kappa shape index (κ3) is 39.1. The number of carbonyl (C=O) groups excluding carboxylic acids is 1. The van der Waals surface area contributed by atoms with Crippen LogP contribution < -0.4 is 5.32 Å². The molecule has 1 heterocycles. The summed E-state index contributed by atoms with van der Waals surface area (Å²) < 4.78 is 11.2. The SMILES string of the molecule is CC/C=C\C/C=C\C/C=C\C/C=C\CCCCC(=O)NC(COC1OC(CO)C(O)C(O)C1O)C(O)/C=C/CCCCCCCCCCCCCCCCCCCCCCCCCCCCCCC. The average molecular weight is 973 g/mol. The molecule has 1 saturated heterocycles. The van der Waals surface area contributed by atoms with E-state index in [1.807, 2.05) is 6.08 Å². The molecule has 9 nitrogen and oxygen atoms in total. The molecule has 0 spiro atoms. The highest BCUT2D eigenvalue weighted by Gasteiger charge is 2.44. The number of allylic oxidation sites excluding steroid dienone is 9. The molecule has 0 aromatic rings. The van der Waals surface area contributed by atoms with Crippen LogP contribution in [0.25, 0.3) is 0 Å². The van der Waals surface area contributed by atoms with E-state index in [4.69, 9.17) is 9.47 Å². The Kier molecular flexibility index (Phi) is 46.5. The molecule has 7 unspecified atom stereocenters. The highest BCUT2D eigenvalue weighted by molar-refractivity contribution is 5.76. The van der Waals surface area contributed by atoms with E-state index in [1.165, 1.54) is 173 Å². The van der Waals surface area contributed by atoms with Crippen molar-refractivity contribution < 1.29 is 39.8 Å². The van der Waals surface area contributed by atoms with Gasteiger partial charge in [-0.1, -0.05) is 254 Å². The van der Waals surface area contributed by atoms with Gasteiger partial charge in [-0.15, -0.1) is 0 Å². The first-order valence-corrected chi connectivity index (χ1v) is 29.0. The van der Waals surface area contributed by atoms with Gasteiger partial charge in [0.05, 0.1) is 25.4 Å². The Bertz CT molecular complexity index is 1270. The number of amides is 1. The van der Waals surface area contributed by atoms with Crippen LogP contribution in [-0.4, -0.2) is 87.5 Å². The fourth-order valence-corrected chi connectivity index (χ4v) is 9.03. The van der Waals surface area contributed by atoms with E-state index in [0.29, 0.717) is 12.8 Å². The highest BCUT2D eigenvalue weighted by Crippen LogP contribution is 2.23. The van der Waals surface area contributed by atoms with Gasteiger partial charge in [-0.25, -0.2) is 0 Å². The van der Waals surface area contributed by atoms with Gasteiger partial charge in [-0.05, 0) is 57.8 Å². The summed E-state index contributed by atoms with van der Waals surface area (Å²) >= 11 is 0. The van der Waals surface area contributed by atoms with Crippen LogP contribution in [0.4, 0.5) is 0 Å². The minimum Gasteiger partial charge on any atom is -0.394 e. The quantitative estimate of drug-likeness (QED) is 0.0261. The second-order valence-electron chi connectivity index (χ2n) is 20.1. The third-order valence-corrected chi connectivity index (χ3v) is 13.6. The van der Waals surface area contributed by atoms with Gasteiger partial charge in [-0.2, -0.15) is 0 Å². The highest BCUT2D eigenvalue weighted by atomic mass is 16.7. The third-order valence-electron chi connectivity index (χ3n) is 13.6. The zero-order valence-electron chi connectivity index (χ0n) is 44.6. The summed E-state index contributed by atoms with van der Waals surface area (Å²) in [5.41, 5.74) is 0. The zero-order valence-corrected chi connectivity index (χ0v) is 44.6. The van der Waals surface area contributed by atoms with Crippen LogP contribution in [0, 0.1) is 0 Å². The van der Waals surface area contributed by atoms with Gasteiger partial charge in [0, 0.05) is 6.42 Å². The molecule has 0 saturated carbocycles. The lowest BCUT2D eigenvalue weighted by molar-refractivity contribution is -0.302. The standard InChI is InChI=1S/C60H109NO8/c1-3-5-7-9-11-13-15-17-19-20-21-22-23-24-25-26-27-28-29-30-31-32-33-34-36-37-39-41-43-45-47-49-54(63)53(52-68-60-59(67)58(66)57(65)55(51-62)69-60)61-56(64)50-48-46-44-42-40-38-35-18-16-14-12-10-8-6-4-2/h6,8,12,14,18,35,40,42,47,49,53-55,57-60,62-63,65-67H,3-5,7,9-11,13,15-17,19-34,36-39,41,43-46,48,50-52H2,1-2H3,(H,61,64)/b8-6-,14-12-,35-18-,42-40-,49-47+. The fourth-order valence-electron chi connectivity index (χ4n) is 9.03. The molecule has 69 heavy (non-hydrogen) atoms. The molecular weight excluding hydrogens is 863 g/mol. The molecule has 0 aliphatic carbocycles. The second-order valence-corrected chi connectivity index (χ2v) is 20.1. The number of unbranched alkanes of at least 4 members (excludes halogenated alkanes) is 31. The lowest BCUT2D eigenvalue weighted by Crippen LogP contribution is -2.60. The predicted octanol–water partition coefficient (Wildman–Crippen LogP) is 14.3. The Morgan fingerprint density at radius 3 is 1.33 bits per heavy atom. The minimum absolute atomic E-state index is 0.207. The molecule has 1 rings (SSSR count). The Hall–Kier alpha value is -2.11. The Labute approximate surface area is 424 Å². The summed E-state index contributed by atoms with van der Waals surface area (Å²) in [6, 6.07) is -0.830. The monoisotopic (exact) mass is 972 g/mol. The molecule has 9 heteroatoms. The molecule has 0 aromatic heterocycles. The summed E-state index contributed by atoms with van der Waals surface area (Å²) in [6.07, 6.45) is 60.3. The molecule has 1 amide bonds. The minimum atomic E-state index is -1.58. The summed E-state index contributed by atoms with van der Waals surface area (Å²) in [4.78, 5) is 13.0. The molecule has 0 radical (unpaired) electrons. The van der Waals surface area contributed by atoms with Crippen LogP contribution in [0.2, 0.25) is 0 Å². The predicted molar refractivity (Wildman–Crippen MR) is 290 cm³/mol. The van der Waals surface area contributed by atoms with Crippen molar-refractivity contribution in [1.29, 1.82) is 0 Å². The first-order valence-electron chi connectivity index (χ1n) is 29.0. The lowest BCUT2D eigenvalue weighted by atomic mass is 9.99. The second kappa shape index (κ2) is 49.5. The van der Waals surface area contributed by atoms with E-state index in [-0.39, 0.29) is 12.5 Å². The van der Waals surface area contributed by atoms with Crippen molar-refractivity contribution in [1.82, 2.24) is 5.32 Å². The van der Waals surface area contributed by atoms with Crippen LogP contribution in [-0.2, 0) is 14.3 Å². The van der Waals surface area contributed by atoms with Crippen LogP contribution in [0.3, 0.4) is 0 Å². The fraction of sp³-hybridized carbons (Fsp3) is 0.817. The smallest absolute Gasteiger partial charge is 0.220 e. The van der Waals surface area contributed by atoms with Gasteiger partial charge in [0.15, 0.2) is 6.29 Å². The van der Waals surface area contributed by atoms with E-state index >= 15 is 0 Å². The van der Waals surface area contributed by atoms with E-state index in [9.17, 15) is 30.3 Å². The summed E-state index contributed by atoms with van der Waals surface area (Å²) in [6.45, 7) is 3.65. The van der Waals surface area contributed by atoms with E-state index in [2.05, 4.69) is 67.8 Å². The first kappa shape index (κ1) is 64.9. The molecular formula is C60H109NO8. The first-order chi connectivity index (χ1) is 33.8. The van der Waals surface area contributed by atoms with Gasteiger partial charge in [0.25, 0.3) is 0 Å². The van der Waals surface area contributed by atoms with Gasteiger partial charge in [0.2, 0.25) is 5.91 Å². The Morgan fingerprint density at radius 1 is 0.507 bits per heavy atom. The van der Waals surface area contributed by atoms with Gasteiger partial charge >= 0.3 is 0 Å². The number of nitrogens with one attached hydrogen (secondary N) is 1.